The second-order valence-electron chi connectivity index (χ2n) is 5.40. The average molecular weight is 262 g/mol. The number of carbonyl (C=O) groups excluding carboxylic acids is 1. The molecule has 3 N–H and O–H groups in total. The molecule has 1 atom stereocenters. The van der Waals surface area contributed by atoms with E-state index in [9.17, 15) is 9.90 Å². The lowest BCUT2D eigenvalue weighted by Crippen LogP contribution is -2.36. The number of fused-ring (bicyclic) bond motifs is 1. The Kier molecular flexibility index (Phi) is 4.43. The molecule has 1 aromatic rings. The maximum absolute atomic E-state index is 12.1. The number of phenols is 1. The van der Waals surface area contributed by atoms with Crippen LogP contribution >= 0.6 is 0 Å². The number of benzene rings is 1. The van der Waals surface area contributed by atoms with Gasteiger partial charge in [-0.05, 0) is 48.6 Å². The minimum absolute atomic E-state index is 0.189. The van der Waals surface area contributed by atoms with Gasteiger partial charge in [0.1, 0.15) is 5.75 Å². The minimum atomic E-state index is 0.189. The zero-order valence-corrected chi connectivity index (χ0v) is 11.4. The number of phenolic OH excluding ortho intramolecular Hbond substituents is 1. The van der Waals surface area contributed by atoms with Crippen molar-refractivity contribution in [3.63, 3.8) is 0 Å². The average Bonchev–Trinajstić information content (AvgIpc) is 2.43. The lowest BCUT2D eigenvalue weighted by Gasteiger charge is -2.29. The predicted molar refractivity (Wildman–Crippen MR) is 74.7 cm³/mol. The number of rotatable bonds is 4. The molecule has 0 spiro atoms. The molecular formula is C15H22N2O2. The smallest absolute Gasteiger partial charge is 0.222 e. The number of nitrogens with two attached hydrogens (primary N) is 1. The molecule has 1 amide bonds. The van der Waals surface area contributed by atoms with Gasteiger partial charge in [-0.15, -0.1) is 0 Å². The zero-order valence-electron chi connectivity index (χ0n) is 11.4. The summed E-state index contributed by atoms with van der Waals surface area (Å²) in [6, 6.07) is 5.42. The summed E-state index contributed by atoms with van der Waals surface area (Å²) in [5.74, 6) is 0.851. The van der Waals surface area contributed by atoms with E-state index in [1.165, 1.54) is 5.56 Å². The topological polar surface area (TPSA) is 66.6 Å². The molecule has 0 aromatic heterocycles. The lowest BCUT2D eigenvalue weighted by atomic mass is 9.98. The van der Waals surface area contributed by atoms with Crippen LogP contribution in [0.25, 0.3) is 0 Å². The number of nitrogens with zero attached hydrogens (tertiary/aromatic N) is 1. The van der Waals surface area contributed by atoms with Crippen LogP contribution < -0.4 is 5.73 Å². The molecule has 1 aliphatic heterocycles. The van der Waals surface area contributed by atoms with Gasteiger partial charge in [-0.25, -0.2) is 0 Å². The van der Waals surface area contributed by atoms with E-state index >= 15 is 0 Å². The predicted octanol–water partition coefficient (Wildman–Crippen LogP) is 1.65. The Balaban J connectivity index is 1.95. The van der Waals surface area contributed by atoms with Crippen LogP contribution in [-0.4, -0.2) is 29.0 Å². The van der Waals surface area contributed by atoms with Crippen LogP contribution in [0.15, 0.2) is 18.2 Å². The Labute approximate surface area is 114 Å². The monoisotopic (exact) mass is 262 g/mol. The Morgan fingerprint density at radius 1 is 1.47 bits per heavy atom. The summed E-state index contributed by atoms with van der Waals surface area (Å²) < 4.78 is 0. The van der Waals surface area contributed by atoms with Gasteiger partial charge in [0.15, 0.2) is 0 Å². The number of amides is 1. The highest BCUT2D eigenvalue weighted by Crippen LogP contribution is 2.23. The largest absolute Gasteiger partial charge is 0.508 e. The van der Waals surface area contributed by atoms with Crippen molar-refractivity contribution < 1.29 is 9.90 Å². The van der Waals surface area contributed by atoms with E-state index in [0.717, 1.165) is 24.9 Å². The Bertz CT molecular complexity index is 459. The van der Waals surface area contributed by atoms with E-state index in [4.69, 9.17) is 5.73 Å². The molecule has 1 aromatic carbocycles. The fraction of sp³-hybridized carbons (Fsp3) is 0.533. The highest BCUT2D eigenvalue weighted by Gasteiger charge is 2.20. The normalized spacial score (nSPS) is 16.0. The van der Waals surface area contributed by atoms with E-state index in [2.05, 4.69) is 6.92 Å². The summed E-state index contributed by atoms with van der Waals surface area (Å²) in [6.45, 7) is 4.08. The van der Waals surface area contributed by atoms with E-state index in [1.54, 1.807) is 12.1 Å². The van der Waals surface area contributed by atoms with Gasteiger partial charge in [0.25, 0.3) is 0 Å². The molecule has 0 saturated heterocycles. The first-order valence-corrected chi connectivity index (χ1v) is 6.88. The molecule has 2 rings (SSSR count). The van der Waals surface area contributed by atoms with Gasteiger partial charge in [-0.3, -0.25) is 4.79 Å². The molecule has 104 valence electrons. The molecule has 1 heterocycles. The van der Waals surface area contributed by atoms with Crippen LogP contribution in [0, 0.1) is 5.92 Å². The maximum atomic E-state index is 12.1. The van der Waals surface area contributed by atoms with Gasteiger partial charge < -0.3 is 15.7 Å². The zero-order chi connectivity index (χ0) is 13.8. The summed E-state index contributed by atoms with van der Waals surface area (Å²) in [7, 11) is 0. The first-order chi connectivity index (χ1) is 9.10. The van der Waals surface area contributed by atoms with Crippen molar-refractivity contribution >= 4 is 5.91 Å². The van der Waals surface area contributed by atoms with E-state index in [1.807, 2.05) is 11.0 Å². The molecule has 19 heavy (non-hydrogen) atoms. The van der Waals surface area contributed by atoms with Crippen LogP contribution in [0.1, 0.15) is 30.9 Å². The van der Waals surface area contributed by atoms with Gasteiger partial charge in [-0.2, -0.15) is 0 Å². The van der Waals surface area contributed by atoms with Crippen molar-refractivity contribution in [3.05, 3.63) is 29.3 Å². The molecule has 4 nitrogen and oxygen atoms in total. The molecule has 0 bridgehead atoms. The quantitative estimate of drug-likeness (QED) is 0.867. The third-order valence-electron chi connectivity index (χ3n) is 3.81. The lowest BCUT2D eigenvalue weighted by molar-refractivity contribution is -0.132. The second-order valence-corrected chi connectivity index (χ2v) is 5.40. The Morgan fingerprint density at radius 3 is 3.00 bits per heavy atom. The van der Waals surface area contributed by atoms with Crippen LogP contribution in [0.3, 0.4) is 0 Å². The van der Waals surface area contributed by atoms with Crippen molar-refractivity contribution in [1.29, 1.82) is 0 Å². The molecule has 4 heteroatoms. The maximum Gasteiger partial charge on any atom is 0.222 e. The van der Waals surface area contributed by atoms with Crippen LogP contribution in [-0.2, 0) is 17.8 Å². The molecule has 0 radical (unpaired) electrons. The molecule has 0 aliphatic carbocycles. The van der Waals surface area contributed by atoms with Gasteiger partial charge in [0.2, 0.25) is 5.91 Å². The standard InChI is InChI=1S/C15H22N2O2/c1-11(9-16)2-5-15(19)17-7-6-12-3-4-14(18)8-13(12)10-17/h3-4,8,11,18H,2,5-7,9-10,16H2,1H3. The summed E-state index contributed by atoms with van der Waals surface area (Å²) in [5, 5.41) is 9.50. The SMILES string of the molecule is CC(CN)CCC(=O)N1CCc2ccc(O)cc2C1. The number of hydrogen-bond donors (Lipinski definition) is 2. The summed E-state index contributed by atoms with van der Waals surface area (Å²) >= 11 is 0. The van der Waals surface area contributed by atoms with Crippen molar-refractivity contribution in [2.24, 2.45) is 11.7 Å². The molecule has 0 saturated carbocycles. The minimum Gasteiger partial charge on any atom is -0.508 e. The second kappa shape index (κ2) is 6.06. The third kappa shape index (κ3) is 3.47. The van der Waals surface area contributed by atoms with Crippen molar-refractivity contribution in [2.45, 2.75) is 32.7 Å². The van der Waals surface area contributed by atoms with Crippen LogP contribution in [0.5, 0.6) is 5.75 Å². The van der Waals surface area contributed by atoms with Gasteiger partial charge in [0.05, 0.1) is 0 Å². The van der Waals surface area contributed by atoms with E-state index in [-0.39, 0.29) is 11.7 Å². The first-order valence-electron chi connectivity index (χ1n) is 6.88. The summed E-state index contributed by atoms with van der Waals surface area (Å²) in [6.07, 6.45) is 2.28. The van der Waals surface area contributed by atoms with Crippen molar-refractivity contribution in [2.75, 3.05) is 13.1 Å². The van der Waals surface area contributed by atoms with Gasteiger partial charge in [-0.1, -0.05) is 13.0 Å². The van der Waals surface area contributed by atoms with Crippen molar-refractivity contribution in [3.8, 4) is 5.75 Å². The Morgan fingerprint density at radius 2 is 2.26 bits per heavy atom. The molecular weight excluding hydrogens is 240 g/mol. The van der Waals surface area contributed by atoms with Crippen LogP contribution in [0.2, 0.25) is 0 Å². The fourth-order valence-electron chi connectivity index (χ4n) is 2.40. The molecule has 0 fully saturated rings. The highest BCUT2D eigenvalue weighted by atomic mass is 16.3. The molecule has 1 aliphatic rings. The van der Waals surface area contributed by atoms with Gasteiger partial charge in [0, 0.05) is 19.5 Å². The number of hydrogen-bond acceptors (Lipinski definition) is 3. The summed E-state index contributed by atoms with van der Waals surface area (Å²) in [5.41, 5.74) is 7.86. The fourth-order valence-corrected chi connectivity index (χ4v) is 2.40. The number of aromatic hydroxyl groups is 1. The highest BCUT2D eigenvalue weighted by molar-refractivity contribution is 5.76. The third-order valence-corrected chi connectivity index (χ3v) is 3.81. The van der Waals surface area contributed by atoms with Crippen molar-refractivity contribution in [1.82, 2.24) is 4.90 Å². The van der Waals surface area contributed by atoms with Gasteiger partial charge >= 0.3 is 0 Å². The van der Waals surface area contributed by atoms with E-state index in [0.29, 0.717) is 25.4 Å². The molecule has 1 unspecified atom stereocenters. The van der Waals surface area contributed by atoms with E-state index < -0.39 is 0 Å². The van der Waals surface area contributed by atoms with Crippen LogP contribution in [0.4, 0.5) is 0 Å². The Hall–Kier alpha value is -1.55. The number of carbonyl (C=O) groups is 1. The summed E-state index contributed by atoms with van der Waals surface area (Å²) in [4.78, 5) is 14.0. The first kappa shape index (κ1) is 13.9.